The number of pyridine rings is 1. The first-order valence-electron chi connectivity index (χ1n) is 10.2. The second kappa shape index (κ2) is 9.92. The van der Waals surface area contributed by atoms with Gasteiger partial charge in [-0.05, 0) is 50.5 Å². The van der Waals surface area contributed by atoms with E-state index in [-0.39, 0.29) is 30.4 Å². The van der Waals surface area contributed by atoms with Crippen LogP contribution in [-0.4, -0.2) is 47.4 Å². The van der Waals surface area contributed by atoms with Gasteiger partial charge in [0.15, 0.2) is 6.61 Å². The molecule has 1 aromatic carbocycles. The number of rotatable bonds is 7. The Hall–Kier alpha value is -2.34. The summed E-state index contributed by atoms with van der Waals surface area (Å²) in [5, 5.41) is 4.36. The summed E-state index contributed by atoms with van der Waals surface area (Å²) >= 11 is 6.22. The molecule has 2 aromatic rings. The molecule has 1 N–H and O–H groups in total. The van der Waals surface area contributed by atoms with Crippen LogP contribution < -0.4 is 10.1 Å². The minimum atomic E-state index is -0.162. The van der Waals surface area contributed by atoms with Crippen molar-refractivity contribution in [3.8, 4) is 5.75 Å². The number of benzene rings is 1. The molecule has 1 aliphatic heterocycles. The van der Waals surface area contributed by atoms with E-state index in [0.717, 1.165) is 31.1 Å². The lowest BCUT2D eigenvalue weighted by atomic mass is 9.92. The molecule has 1 aromatic heterocycles. The van der Waals surface area contributed by atoms with E-state index in [1.807, 2.05) is 19.1 Å². The van der Waals surface area contributed by atoms with E-state index in [0.29, 0.717) is 29.4 Å². The highest BCUT2D eigenvalue weighted by Gasteiger charge is 2.32. The number of halogens is 1. The van der Waals surface area contributed by atoms with Crippen molar-refractivity contribution in [3.63, 3.8) is 0 Å². The molecule has 1 saturated heterocycles. The third-order valence-corrected chi connectivity index (χ3v) is 5.76. The highest BCUT2D eigenvalue weighted by molar-refractivity contribution is 6.35. The number of aromatic nitrogens is 1. The standard InChI is InChI=1S/C22H28ClN3O3/c1-3-4-11-25-22(28)16-8-7-15(2)26(13-16)20(27)14-29-19-10-9-18(23)17-6-5-12-24-21(17)19/h5-6,9-10,12,15-16H,3-4,7-8,11,13-14H2,1-2H3,(H,25,28). The summed E-state index contributed by atoms with van der Waals surface area (Å²) in [6, 6.07) is 7.24. The van der Waals surface area contributed by atoms with E-state index in [2.05, 4.69) is 17.2 Å². The third kappa shape index (κ3) is 5.18. The van der Waals surface area contributed by atoms with Crippen molar-refractivity contribution in [2.24, 2.45) is 5.92 Å². The fraction of sp³-hybridized carbons (Fsp3) is 0.500. The smallest absolute Gasteiger partial charge is 0.260 e. The van der Waals surface area contributed by atoms with Crippen molar-refractivity contribution in [1.82, 2.24) is 15.2 Å². The molecule has 2 atom stereocenters. The summed E-state index contributed by atoms with van der Waals surface area (Å²) in [7, 11) is 0. The Morgan fingerprint density at radius 2 is 2.14 bits per heavy atom. The van der Waals surface area contributed by atoms with Gasteiger partial charge in [0.2, 0.25) is 5.91 Å². The van der Waals surface area contributed by atoms with Gasteiger partial charge >= 0.3 is 0 Å². The normalized spacial score (nSPS) is 19.2. The molecule has 0 saturated carbocycles. The zero-order valence-corrected chi connectivity index (χ0v) is 17.7. The van der Waals surface area contributed by atoms with Crippen LogP contribution in [-0.2, 0) is 9.59 Å². The van der Waals surface area contributed by atoms with Crippen LogP contribution in [0.15, 0.2) is 30.5 Å². The molecule has 156 valence electrons. The number of piperidine rings is 1. The second-order valence-electron chi connectivity index (χ2n) is 7.55. The number of likely N-dealkylation sites (tertiary alicyclic amines) is 1. The van der Waals surface area contributed by atoms with Crippen molar-refractivity contribution in [2.45, 2.75) is 45.6 Å². The minimum Gasteiger partial charge on any atom is -0.481 e. The van der Waals surface area contributed by atoms with E-state index >= 15 is 0 Å². The maximum atomic E-state index is 12.8. The van der Waals surface area contributed by atoms with Crippen molar-refractivity contribution in [3.05, 3.63) is 35.5 Å². The number of hydrogen-bond donors (Lipinski definition) is 1. The minimum absolute atomic E-state index is 0.0389. The van der Waals surface area contributed by atoms with E-state index in [1.165, 1.54) is 0 Å². The van der Waals surface area contributed by atoms with E-state index < -0.39 is 0 Å². The van der Waals surface area contributed by atoms with Crippen LogP contribution in [0, 0.1) is 5.92 Å². The number of carbonyl (C=O) groups is 2. The fourth-order valence-electron chi connectivity index (χ4n) is 3.65. The molecule has 0 aliphatic carbocycles. The Morgan fingerprint density at radius 3 is 2.93 bits per heavy atom. The largest absolute Gasteiger partial charge is 0.481 e. The predicted molar refractivity (Wildman–Crippen MR) is 114 cm³/mol. The highest BCUT2D eigenvalue weighted by Crippen LogP contribution is 2.30. The first-order chi connectivity index (χ1) is 14.0. The molecule has 0 spiro atoms. The monoisotopic (exact) mass is 417 g/mol. The number of amides is 2. The number of unbranched alkanes of at least 4 members (excludes halogenated alkanes) is 1. The molecule has 7 heteroatoms. The molecule has 2 amide bonds. The lowest BCUT2D eigenvalue weighted by molar-refractivity contribution is -0.140. The SMILES string of the molecule is CCCCNC(=O)C1CCC(C)N(C(=O)COc2ccc(Cl)c3cccnc23)C1. The summed E-state index contributed by atoms with van der Waals surface area (Å²) < 4.78 is 5.80. The Labute approximate surface area is 176 Å². The summed E-state index contributed by atoms with van der Waals surface area (Å²) in [6.07, 6.45) is 5.28. The van der Waals surface area contributed by atoms with Gasteiger partial charge in [0, 0.05) is 30.7 Å². The fourth-order valence-corrected chi connectivity index (χ4v) is 3.87. The van der Waals surface area contributed by atoms with Crippen LogP contribution in [0.3, 0.4) is 0 Å². The molecule has 2 heterocycles. The summed E-state index contributed by atoms with van der Waals surface area (Å²) in [6.45, 7) is 5.13. The van der Waals surface area contributed by atoms with Crippen molar-refractivity contribution >= 4 is 34.3 Å². The Morgan fingerprint density at radius 1 is 1.31 bits per heavy atom. The lowest BCUT2D eigenvalue weighted by Crippen LogP contribution is -2.50. The van der Waals surface area contributed by atoms with Crippen LogP contribution in [0.2, 0.25) is 5.02 Å². The van der Waals surface area contributed by atoms with Gasteiger partial charge in [-0.1, -0.05) is 24.9 Å². The molecule has 0 bridgehead atoms. The van der Waals surface area contributed by atoms with Crippen LogP contribution >= 0.6 is 11.6 Å². The van der Waals surface area contributed by atoms with Gasteiger partial charge in [0.25, 0.3) is 5.91 Å². The second-order valence-corrected chi connectivity index (χ2v) is 7.95. The molecule has 29 heavy (non-hydrogen) atoms. The molecule has 6 nitrogen and oxygen atoms in total. The van der Waals surface area contributed by atoms with Crippen LogP contribution in [0.5, 0.6) is 5.75 Å². The maximum absolute atomic E-state index is 12.8. The zero-order chi connectivity index (χ0) is 20.8. The molecule has 1 aliphatic rings. The van der Waals surface area contributed by atoms with Crippen LogP contribution in [0.4, 0.5) is 0 Å². The van der Waals surface area contributed by atoms with Gasteiger partial charge < -0.3 is 15.0 Å². The third-order valence-electron chi connectivity index (χ3n) is 5.43. The van der Waals surface area contributed by atoms with E-state index in [1.54, 1.807) is 23.2 Å². The first kappa shape index (κ1) is 21.4. The predicted octanol–water partition coefficient (Wildman–Crippen LogP) is 3.81. The zero-order valence-electron chi connectivity index (χ0n) is 17.0. The van der Waals surface area contributed by atoms with Crippen LogP contribution in [0.25, 0.3) is 10.9 Å². The summed E-state index contributed by atoms with van der Waals surface area (Å²) in [5.74, 6) is 0.279. The summed E-state index contributed by atoms with van der Waals surface area (Å²) in [4.78, 5) is 31.3. The maximum Gasteiger partial charge on any atom is 0.260 e. The van der Waals surface area contributed by atoms with Crippen LogP contribution in [0.1, 0.15) is 39.5 Å². The number of fused-ring (bicyclic) bond motifs is 1. The van der Waals surface area contributed by atoms with E-state index in [9.17, 15) is 9.59 Å². The quantitative estimate of drug-likeness (QED) is 0.695. The molecule has 2 unspecified atom stereocenters. The topological polar surface area (TPSA) is 71.5 Å². The average molecular weight is 418 g/mol. The van der Waals surface area contributed by atoms with Crippen molar-refractivity contribution in [2.75, 3.05) is 19.7 Å². The van der Waals surface area contributed by atoms with E-state index in [4.69, 9.17) is 16.3 Å². The van der Waals surface area contributed by atoms with Gasteiger partial charge in [-0.2, -0.15) is 0 Å². The van der Waals surface area contributed by atoms with Crippen molar-refractivity contribution < 1.29 is 14.3 Å². The molecule has 1 fully saturated rings. The molecular formula is C22H28ClN3O3. The van der Waals surface area contributed by atoms with Gasteiger partial charge in [-0.25, -0.2) is 0 Å². The number of hydrogen-bond acceptors (Lipinski definition) is 4. The molecule has 0 radical (unpaired) electrons. The molecular weight excluding hydrogens is 390 g/mol. The Bertz CT molecular complexity index is 874. The first-order valence-corrected chi connectivity index (χ1v) is 10.6. The number of nitrogens with one attached hydrogen (secondary N) is 1. The highest BCUT2D eigenvalue weighted by atomic mass is 35.5. The van der Waals surface area contributed by atoms with Gasteiger partial charge in [-0.3, -0.25) is 14.6 Å². The number of carbonyl (C=O) groups excluding carboxylic acids is 2. The number of nitrogens with zero attached hydrogens (tertiary/aromatic N) is 2. The van der Waals surface area contributed by atoms with Gasteiger partial charge in [0.05, 0.1) is 10.9 Å². The number of ether oxygens (including phenoxy) is 1. The lowest BCUT2D eigenvalue weighted by Gasteiger charge is -2.37. The van der Waals surface area contributed by atoms with Gasteiger partial charge in [-0.15, -0.1) is 0 Å². The Kier molecular flexibility index (Phi) is 7.31. The summed E-state index contributed by atoms with van der Waals surface area (Å²) in [5.41, 5.74) is 0.632. The average Bonchev–Trinajstić information content (AvgIpc) is 2.73. The van der Waals surface area contributed by atoms with Gasteiger partial charge in [0.1, 0.15) is 11.3 Å². The Balaban J connectivity index is 1.62. The van der Waals surface area contributed by atoms with Crippen molar-refractivity contribution in [1.29, 1.82) is 0 Å². The molecule has 3 rings (SSSR count).